The van der Waals surface area contributed by atoms with Gasteiger partial charge in [0.2, 0.25) is 0 Å². The van der Waals surface area contributed by atoms with Gasteiger partial charge in [-0.05, 0) is 71.9 Å². The quantitative estimate of drug-likeness (QED) is 0.284. The third-order valence-corrected chi connectivity index (χ3v) is 9.22. The molecule has 2 saturated heterocycles. The highest BCUT2D eigenvalue weighted by Crippen LogP contribution is 2.35. The van der Waals surface area contributed by atoms with E-state index in [4.69, 9.17) is 19.6 Å². The third kappa shape index (κ3) is 4.99. The summed E-state index contributed by atoms with van der Waals surface area (Å²) in [6.07, 6.45) is 9.52. The van der Waals surface area contributed by atoms with Crippen molar-refractivity contribution in [2.45, 2.75) is 29.8 Å². The Labute approximate surface area is 239 Å². The number of nitrogens with zero attached hydrogens (tertiary/aromatic N) is 4. The van der Waals surface area contributed by atoms with Gasteiger partial charge in [0, 0.05) is 30.1 Å². The first-order chi connectivity index (χ1) is 19.9. The molecule has 0 spiro atoms. The van der Waals surface area contributed by atoms with E-state index in [1.165, 1.54) is 19.3 Å². The Bertz CT molecular complexity index is 1840. The molecule has 9 heteroatoms. The summed E-state index contributed by atoms with van der Waals surface area (Å²) in [4.78, 5) is 7.84. The van der Waals surface area contributed by atoms with E-state index in [1.54, 1.807) is 10.6 Å². The first kappa shape index (κ1) is 26.2. The normalized spacial score (nSPS) is 18.7. The first-order valence-corrected chi connectivity index (χ1v) is 15.8. The largest absolute Gasteiger partial charge is 0.481 e. The predicted molar refractivity (Wildman–Crippen MR) is 164 cm³/mol. The molecular formula is C32H33N5O3S. The maximum absolute atomic E-state index is 12.6. The summed E-state index contributed by atoms with van der Waals surface area (Å²) in [7, 11) is -2.87. The molecule has 2 N–H and O–H groups in total. The average molecular weight is 568 g/mol. The molecule has 210 valence electrons. The van der Waals surface area contributed by atoms with Gasteiger partial charge in [0.25, 0.3) is 0 Å². The summed E-state index contributed by atoms with van der Waals surface area (Å²) in [5, 5.41) is 12.3. The fourth-order valence-electron chi connectivity index (χ4n) is 6.02. The van der Waals surface area contributed by atoms with E-state index in [0.29, 0.717) is 18.1 Å². The van der Waals surface area contributed by atoms with E-state index in [2.05, 4.69) is 28.0 Å². The second-order valence-electron chi connectivity index (χ2n) is 11.2. The van der Waals surface area contributed by atoms with Crippen molar-refractivity contribution in [1.82, 2.24) is 19.5 Å². The van der Waals surface area contributed by atoms with Crippen LogP contribution >= 0.6 is 0 Å². The van der Waals surface area contributed by atoms with E-state index >= 15 is 0 Å². The van der Waals surface area contributed by atoms with Crippen LogP contribution in [0.4, 0.5) is 0 Å². The minimum absolute atomic E-state index is 0.262. The molecule has 2 aliphatic rings. The SMILES string of the molecule is C=S(N)(=O)c1ccc(-c2cnn3cc(-c4ccc(OC5(CN6CCCCC6)COC5)cc4)cnc23)c2ccccc12. The van der Waals surface area contributed by atoms with Crippen molar-refractivity contribution in [3.05, 3.63) is 79.3 Å². The van der Waals surface area contributed by atoms with Crippen molar-refractivity contribution in [2.24, 2.45) is 5.14 Å². The Hall–Kier alpha value is -3.76. The molecule has 41 heavy (non-hydrogen) atoms. The van der Waals surface area contributed by atoms with Gasteiger partial charge in [-0.15, -0.1) is 0 Å². The van der Waals surface area contributed by atoms with E-state index in [0.717, 1.165) is 64.1 Å². The molecule has 0 bridgehead atoms. The summed E-state index contributed by atoms with van der Waals surface area (Å²) >= 11 is 0. The number of nitrogens with two attached hydrogens (primary N) is 1. The first-order valence-electron chi connectivity index (χ1n) is 14.0. The van der Waals surface area contributed by atoms with Crippen molar-refractivity contribution in [3.63, 3.8) is 0 Å². The predicted octanol–water partition coefficient (Wildman–Crippen LogP) is 4.80. The molecule has 5 aromatic rings. The number of benzene rings is 3. The number of fused-ring (bicyclic) bond motifs is 2. The molecule has 1 atom stereocenters. The lowest BCUT2D eigenvalue weighted by Gasteiger charge is -2.45. The number of hydrogen-bond donors (Lipinski definition) is 1. The van der Waals surface area contributed by atoms with Crippen LogP contribution in [0.25, 0.3) is 38.7 Å². The van der Waals surface area contributed by atoms with Crippen LogP contribution in [-0.2, 0) is 14.4 Å². The van der Waals surface area contributed by atoms with Crippen LogP contribution in [0.3, 0.4) is 0 Å². The van der Waals surface area contributed by atoms with Crippen LogP contribution in [0.1, 0.15) is 19.3 Å². The van der Waals surface area contributed by atoms with Crippen molar-refractivity contribution in [2.75, 3.05) is 32.8 Å². The van der Waals surface area contributed by atoms with Gasteiger partial charge in [-0.25, -0.2) is 13.7 Å². The Morgan fingerprint density at radius 3 is 2.39 bits per heavy atom. The molecule has 0 radical (unpaired) electrons. The Morgan fingerprint density at radius 1 is 0.927 bits per heavy atom. The Morgan fingerprint density at radius 2 is 1.68 bits per heavy atom. The zero-order valence-corrected chi connectivity index (χ0v) is 23.7. The molecule has 4 heterocycles. The topological polar surface area (TPSA) is 95.0 Å². The highest BCUT2D eigenvalue weighted by atomic mass is 32.2. The average Bonchev–Trinajstić information content (AvgIpc) is 3.39. The van der Waals surface area contributed by atoms with Crippen LogP contribution in [0.15, 0.2) is 84.1 Å². The fourth-order valence-corrected chi connectivity index (χ4v) is 6.87. The van der Waals surface area contributed by atoms with Gasteiger partial charge >= 0.3 is 0 Å². The molecule has 2 fully saturated rings. The number of likely N-dealkylation sites (tertiary alicyclic amines) is 1. The maximum Gasteiger partial charge on any atom is 0.168 e. The summed E-state index contributed by atoms with van der Waals surface area (Å²) in [6, 6.07) is 19.7. The second-order valence-corrected chi connectivity index (χ2v) is 13.1. The lowest BCUT2D eigenvalue weighted by molar-refractivity contribution is -0.172. The smallest absolute Gasteiger partial charge is 0.168 e. The van der Waals surface area contributed by atoms with Crippen LogP contribution < -0.4 is 9.88 Å². The molecule has 0 amide bonds. The number of ether oxygens (including phenoxy) is 2. The van der Waals surface area contributed by atoms with Crippen molar-refractivity contribution in [1.29, 1.82) is 0 Å². The minimum atomic E-state index is -2.87. The molecular weight excluding hydrogens is 534 g/mol. The van der Waals surface area contributed by atoms with E-state index in [-0.39, 0.29) is 5.60 Å². The summed E-state index contributed by atoms with van der Waals surface area (Å²) in [5.74, 6) is 4.54. The molecule has 0 aliphatic carbocycles. The van der Waals surface area contributed by atoms with Gasteiger partial charge in [-0.3, -0.25) is 10.0 Å². The monoisotopic (exact) mass is 567 g/mol. The zero-order valence-electron chi connectivity index (χ0n) is 22.9. The molecule has 8 nitrogen and oxygen atoms in total. The summed E-state index contributed by atoms with van der Waals surface area (Å²) in [5.41, 5.74) is 4.29. The van der Waals surface area contributed by atoms with Crippen molar-refractivity contribution >= 4 is 32.0 Å². The Kier molecular flexibility index (Phi) is 6.54. The summed E-state index contributed by atoms with van der Waals surface area (Å²) in [6.45, 7) is 4.46. The highest BCUT2D eigenvalue weighted by molar-refractivity contribution is 7.98. The lowest BCUT2D eigenvalue weighted by Crippen LogP contribution is -2.61. The summed E-state index contributed by atoms with van der Waals surface area (Å²) < 4.78 is 26.5. The number of rotatable bonds is 7. The van der Waals surface area contributed by atoms with Gasteiger partial charge in [0.1, 0.15) is 5.75 Å². The van der Waals surface area contributed by atoms with Crippen molar-refractivity contribution in [3.8, 4) is 28.0 Å². The Balaban J connectivity index is 1.15. The van der Waals surface area contributed by atoms with Crippen LogP contribution in [0.5, 0.6) is 5.75 Å². The fraction of sp³-hybridized carbons (Fsp3) is 0.281. The van der Waals surface area contributed by atoms with Crippen LogP contribution in [-0.4, -0.2) is 68.0 Å². The molecule has 1 unspecified atom stereocenters. The van der Waals surface area contributed by atoms with E-state index in [9.17, 15) is 4.21 Å². The lowest BCUT2D eigenvalue weighted by atomic mass is 9.99. The van der Waals surface area contributed by atoms with Gasteiger partial charge in [0.15, 0.2) is 11.2 Å². The molecule has 2 aliphatic heterocycles. The highest BCUT2D eigenvalue weighted by Gasteiger charge is 2.42. The van der Waals surface area contributed by atoms with Gasteiger partial charge in [-0.1, -0.05) is 48.9 Å². The van der Waals surface area contributed by atoms with Crippen molar-refractivity contribution < 1.29 is 13.7 Å². The number of aromatic nitrogens is 3. The van der Waals surface area contributed by atoms with Gasteiger partial charge in [0.05, 0.1) is 34.0 Å². The maximum atomic E-state index is 12.6. The molecule has 2 aromatic heterocycles. The number of hydrogen-bond acceptors (Lipinski definition) is 6. The van der Waals surface area contributed by atoms with Crippen LogP contribution in [0.2, 0.25) is 0 Å². The van der Waals surface area contributed by atoms with E-state index in [1.807, 2.05) is 61.1 Å². The molecule has 3 aromatic carbocycles. The number of piperidine rings is 1. The molecule has 7 rings (SSSR count). The van der Waals surface area contributed by atoms with Gasteiger partial charge in [-0.2, -0.15) is 5.10 Å². The third-order valence-electron chi connectivity index (χ3n) is 8.12. The standard InChI is InChI=1S/C32H33N5O3S/c1-41(33,38)30-14-13-27(26-7-3-4-8-28(26)30)29-18-35-37-19-24(17-34-31(29)37)23-9-11-25(12-10-23)40-32(21-39-22-32)20-36-15-5-2-6-16-36/h3-4,7-14,17-19H,1-2,5-6,15-16,20-22H2,(H2,33,38). The zero-order chi connectivity index (χ0) is 28.0. The second kappa shape index (κ2) is 10.3. The van der Waals surface area contributed by atoms with Crippen LogP contribution in [0, 0.1) is 0 Å². The minimum Gasteiger partial charge on any atom is -0.481 e. The van der Waals surface area contributed by atoms with E-state index < -0.39 is 9.71 Å². The molecule has 0 saturated carbocycles. The van der Waals surface area contributed by atoms with Gasteiger partial charge < -0.3 is 9.47 Å².